The monoisotopic (exact) mass is 301 g/mol. The molecule has 0 spiro atoms. The zero-order chi connectivity index (χ0) is 14.3. The van der Waals surface area contributed by atoms with Gasteiger partial charge in [-0.05, 0) is 43.8 Å². The number of nitrogens with zero attached hydrogens (tertiary/aromatic N) is 1. The molecular weight excluding hydrogens is 286 g/mol. The van der Waals surface area contributed by atoms with Crippen molar-refractivity contribution < 1.29 is 9.47 Å². The van der Waals surface area contributed by atoms with Crippen LogP contribution in [0.1, 0.15) is 19.4 Å². The van der Waals surface area contributed by atoms with E-state index in [1.807, 2.05) is 13.8 Å². The maximum Gasteiger partial charge on any atom is 0.184 e. The predicted octanol–water partition coefficient (Wildman–Crippen LogP) is 2.30. The molecule has 1 aromatic rings. The van der Waals surface area contributed by atoms with Crippen molar-refractivity contribution >= 4 is 35.1 Å². The second kappa shape index (κ2) is 7.81. The summed E-state index contributed by atoms with van der Waals surface area (Å²) in [5.41, 5.74) is 8.48. The molecule has 7 heteroatoms. The summed E-state index contributed by atoms with van der Waals surface area (Å²) in [7, 11) is 0. The van der Waals surface area contributed by atoms with Gasteiger partial charge in [-0.2, -0.15) is 5.10 Å². The molecule has 0 aliphatic heterocycles. The van der Waals surface area contributed by atoms with Gasteiger partial charge in [0.25, 0.3) is 0 Å². The van der Waals surface area contributed by atoms with E-state index in [2.05, 4.69) is 22.7 Å². The van der Waals surface area contributed by atoms with Gasteiger partial charge < -0.3 is 15.2 Å². The number of hydrogen-bond donors (Lipinski definition) is 2. The minimum absolute atomic E-state index is 0.0957. The largest absolute Gasteiger partial charge is 0.490 e. The van der Waals surface area contributed by atoms with Crippen molar-refractivity contribution in [1.82, 2.24) is 5.43 Å². The lowest BCUT2D eigenvalue weighted by molar-refractivity contribution is 0.288. The van der Waals surface area contributed by atoms with E-state index in [0.29, 0.717) is 29.7 Å². The van der Waals surface area contributed by atoms with Gasteiger partial charge in [0, 0.05) is 0 Å². The van der Waals surface area contributed by atoms with E-state index in [1.165, 1.54) is 0 Å². The predicted molar refractivity (Wildman–Crippen MR) is 81.3 cm³/mol. The molecule has 1 aromatic carbocycles. The van der Waals surface area contributed by atoms with Crippen LogP contribution in [0.15, 0.2) is 17.2 Å². The molecule has 0 amide bonds. The zero-order valence-corrected chi connectivity index (χ0v) is 12.3. The lowest BCUT2D eigenvalue weighted by Gasteiger charge is -2.13. The van der Waals surface area contributed by atoms with Crippen LogP contribution in [0.4, 0.5) is 0 Å². The minimum atomic E-state index is 0.0957. The maximum absolute atomic E-state index is 6.15. The number of benzene rings is 1. The van der Waals surface area contributed by atoms with Crippen LogP contribution in [0.5, 0.6) is 11.5 Å². The fourth-order valence-electron chi connectivity index (χ4n) is 1.38. The highest BCUT2D eigenvalue weighted by atomic mass is 35.5. The van der Waals surface area contributed by atoms with E-state index in [9.17, 15) is 0 Å². The van der Waals surface area contributed by atoms with Gasteiger partial charge in [-0.25, -0.2) is 0 Å². The first kappa shape index (κ1) is 15.5. The summed E-state index contributed by atoms with van der Waals surface area (Å²) in [6, 6.07) is 3.50. The smallest absolute Gasteiger partial charge is 0.184 e. The number of hydrogen-bond acceptors (Lipinski definition) is 4. The Morgan fingerprint density at radius 1 is 1.42 bits per heavy atom. The van der Waals surface area contributed by atoms with Crippen LogP contribution >= 0.6 is 23.8 Å². The van der Waals surface area contributed by atoms with E-state index in [4.69, 9.17) is 26.8 Å². The highest BCUT2D eigenvalue weighted by molar-refractivity contribution is 7.80. The summed E-state index contributed by atoms with van der Waals surface area (Å²) in [6.45, 7) is 4.80. The summed E-state index contributed by atoms with van der Waals surface area (Å²) in [5.74, 6) is 1.11. The topological polar surface area (TPSA) is 68.9 Å². The number of rotatable bonds is 6. The molecule has 0 bridgehead atoms. The third-order valence-electron chi connectivity index (χ3n) is 2.01. The molecule has 0 radical (unpaired) electrons. The molecule has 0 aliphatic carbocycles. The number of nitrogens with one attached hydrogen (secondary N) is 1. The summed E-state index contributed by atoms with van der Waals surface area (Å²) >= 11 is 10.8. The minimum Gasteiger partial charge on any atom is -0.490 e. The van der Waals surface area contributed by atoms with Crippen LogP contribution in [-0.2, 0) is 0 Å². The number of hydrazone groups is 1. The van der Waals surface area contributed by atoms with Gasteiger partial charge in [-0.15, -0.1) is 0 Å². The maximum atomic E-state index is 6.15. The van der Waals surface area contributed by atoms with Crippen LogP contribution in [0.25, 0.3) is 0 Å². The van der Waals surface area contributed by atoms with Crippen molar-refractivity contribution in [3.05, 3.63) is 22.7 Å². The molecule has 0 aliphatic rings. The SMILES string of the molecule is CCOc1cc(C=NNC(N)=S)cc(Cl)c1OCC. The van der Waals surface area contributed by atoms with Crippen molar-refractivity contribution in [1.29, 1.82) is 0 Å². The molecule has 104 valence electrons. The Hall–Kier alpha value is -1.53. The Balaban J connectivity index is 3.01. The molecule has 1 rings (SSSR count). The Labute approximate surface area is 122 Å². The van der Waals surface area contributed by atoms with Gasteiger partial charge in [0.05, 0.1) is 24.5 Å². The Morgan fingerprint density at radius 2 is 2.11 bits per heavy atom. The van der Waals surface area contributed by atoms with Crippen molar-refractivity contribution in [3.8, 4) is 11.5 Å². The molecule has 0 fully saturated rings. The molecule has 19 heavy (non-hydrogen) atoms. The highest BCUT2D eigenvalue weighted by Crippen LogP contribution is 2.36. The third kappa shape index (κ3) is 4.92. The van der Waals surface area contributed by atoms with Crippen molar-refractivity contribution in [2.75, 3.05) is 13.2 Å². The standard InChI is InChI=1S/C12H16ClN3O2S/c1-3-17-10-6-8(7-15-16-12(14)19)5-9(13)11(10)18-4-2/h5-7H,3-4H2,1-2H3,(H3,14,16,19). The second-order valence-corrected chi connectivity index (χ2v) is 4.28. The Bertz CT molecular complexity index is 480. The number of thiocarbonyl (C=S) groups is 1. The van der Waals surface area contributed by atoms with Crippen molar-refractivity contribution in [3.63, 3.8) is 0 Å². The fourth-order valence-corrected chi connectivity index (χ4v) is 1.71. The Kier molecular flexibility index (Phi) is 6.38. The quantitative estimate of drug-likeness (QED) is 0.479. The average Bonchev–Trinajstić information content (AvgIpc) is 2.33. The van der Waals surface area contributed by atoms with Gasteiger partial charge >= 0.3 is 0 Å². The van der Waals surface area contributed by atoms with Gasteiger partial charge in [0.15, 0.2) is 16.6 Å². The Morgan fingerprint density at radius 3 is 2.68 bits per heavy atom. The van der Waals surface area contributed by atoms with E-state index in [1.54, 1.807) is 18.3 Å². The van der Waals surface area contributed by atoms with Gasteiger partial charge in [-0.3, -0.25) is 5.43 Å². The molecule has 0 saturated heterocycles. The first-order valence-electron chi connectivity index (χ1n) is 5.76. The fraction of sp³-hybridized carbons (Fsp3) is 0.333. The lowest BCUT2D eigenvalue weighted by atomic mass is 10.2. The van der Waals surface area contributed by atoms with Crippen LogP contribution in [0, 0.1) is 0 Å². The van der Waals surface area contributed by atoms with Crippen LogP contribution < -0.4 is 20.6 Å². The third-order valence-corrected chi connectivity index (χ3v) is 2.38. The second-order valence-electron chi connectivity index (χ2n) is 3.43. The average molecular weight is 302 g/mol. The normalized spacial score (nSPS) is 10.5. The summed E-state index contributed by atoms with van der Waals surface area (Å²) in [4.78, 5) is 0. The van der Waals surface area contributed by atoms with Gasteiger partial charge in [0.2, 0.25) is 0 Å². The first-order valence-corrected chi connectivity index (χ1v) is 6.54. The van der Waals surface area contributed by atoms with E-state index < -0.39 is 0 Å². The van der Waals surface area contributed by atoms with Gasteiger partial charge in [-0.1, -0.05) is 11.6 Å². The van der Waals surface area contributed by atoms with Crippen molar-refractivity contribution in [2.45, 2.75) is 13.8 Å². The van der Waals surface area contributed by atoms with E-state index in [0.717, 1.165) is 5.56 Å². The van der Waals surface area contributed by atoms with Crippen LogP contribution in [0.2, 0.25) is 5.02 Å². The number of ether oxygens (including phenoxy) is 2. The van der Waals surface area contributed by atoms with Crippen LogP contribution in [-0.4, -0.2) is 24.5 Å². The molecule has 0 saturated carbocycles. The molecule has 0 unspecified atom stereocenters. The number of nitrogens with two attached hydrogens (primary N) is 1. The summed E-state index contributed by atoms with van der Waals surface area (Å²) in [6.07, 6.45) is 1.54. The zero-order valence-electron chi connectivity index (χ0n) is 10.8. The lowest BCUT2D eigenvalue weighted by Crippen LogP contribution is -2.23. The molecule has 0 heterocycles. The summed E-state index contributed by atoms with van der Waals surface area (Å²) in [5, 5.41) is 4.42. The molecule has 0 atom stereocenters. The van der Waals surface area contributed by atoms with Gasteiger partial charge in [0.1, 0.15) is 0 Å². The first-order chi connectivity index (χ1) is 9.08. The molecule has 0 aromatic heterocycles. The van der Waals surface area contributed by atoms with Crippen LogP contribution in [0.3, 0.4) is 0 Å². The summed E-state index contributed by atoms with van der Waals surface area (Å²) < 4.78 is 11.0. The van der Waals surface area contributed by atoms with Crippen molar-refractivity contribution in [2.24, 2.45) is 10.8 Å². The van der Waals surface area contributed by atoms with E-state index in [-0.39, 0.29) is 5.11 Å². The molecule has 3 N–H and O–H groups in total. The molecule has 5 nitrogen and oxygen atoms in total. The van der Waals surface area contributed by atoms with E-state index >= 15 is 0 Å². The highest BCUT2D eigenvalue weighted by Gasteiger charge is 2.11. The number of halogens is 1. The molecular formula is C12H16ClN3O2S.